The second-order valence-corrected chi connectivity index (χ2v) is 2.65. The number of carbonyl (C=O) groups is 1. The molecule has 3 nitrogen and oxygen atoms in total. The normalized spacial score (nSPS) is 28.9. The van der Waals surface area contributed by atoms with Gasteiger partial charge in [-0.25, -0.2) is 0 Å². The van der Waals surface area contributed by atoms with Crippen LogP contribution in [0.2, 0.25) is 0 Å². The van der Waals surface area contributed by atoms with E-state index in [0.717, 1.165) is 6.42 Å². The zero-order valence-electron chi connectivity index (χ0n) is 6.83. The molecule has 0 aromatic carbocycles. The van der Waals surface area contributed by atoms with Gasteiger partial charge in [0.25, 0.3) is 0 Å². The summed E-state index contributed by atoms with van der Waals surface area (Å²) in [6, 6.07) is 0.332. The first-order valence-corrected chi connectivity index (χ1v) is 3.71. The summed E-state index contributed by atoms with van der Waals surface area (Å²) in [5, 5.41) is 3.08. The van der Waals surface area contributed by atoms with Crippen molar-refractivity contribution in [2.45, 2.75) is 12.5 Å². The Kier molecular flexibility index (Phi) is 2.65. The molecule has 0 aromatic rings. The number of carbonyl (C=O) groups excluding carboxylic acids is 1. The van der Waals surface area contributed by atoms with Crippen LogP contribution in [0.3, 0.4) is 0 Å². The van der Waals surface area contributed by atoms with Crippen LogP contribution in [0, 0.1) is 5.92 Å². The maximum atomic E-state index is 11.0. The third kappa shape index (κ3) is 1.80. The average molecular weight is 155 g/mol. The van der Waals surface area contributed by atoms with Crippen molar-refractivity contribution in [3.8, 4) is 0 Å². The lowest BCUT2D eigenvalue weighted by Gasteiger charge is -2.08. The maximum absolute atomic E-state index is 11.0. The van der Waals surface area contributed by atoms with Crippen molar-refractivity contribution >= 4 is 5.97 Å². The highest BCUT2D eigenvalue weighted by Gasteiger charge is 2.23. The first-order chi connectivity index (χ1) is 5.27. The van der Waals surface area contributed by atoms with Crippen molar-refractivity contribution in [1.29, 1.82) is 0 Å². The lowest BCUT2D eigenvalue weighted by atomic mass is 10.1. The molecule has 1 aliphatic rings. The van der Waals surface area contributed by atoms with Crippen LogP contribution in [-0.2, 0) is 9.53 Å². The largest absolute Gasteiger partial charge is 0.469 e. The maximum Gasteiger partial charge on any atom is 0.312 e. The molecular formula is C8H13NO2. The van der Waals surface area contributed by atoms with Crippen LogP contribution < -0.4 is 5.32 Å². The second-order valence-electron chi connectivity index (χ2n) is 2.65. The molecule has 2 atom stereocenters. The van der Waals surface area contributed by atoms with Gasteiger partial charge in [-0.3, -0.25) is 4.79 Å². The number of nitrogens with one attached hydrogen (secondary N) is 1. The summed E-state index contributed by atoms with van der Waals surface area (Å²) in [6.07, 6.45) is 4.72. The van der Waals surface area contributed by atoms with Crippen LogP contribution in [0.1, 0.15) is 6.42 Å². The Labute approximate surface area is 66.4 Å². The van der Waals surface area contributed by atoms with E-state index in [1.165, 1.54) is 7.11 Å². The zero-order valence-corrected chi connectivity index (χ0v) is 6.83. The zero-order chi connectivity index (χ0) is 8.27. The van der Waals surface area contributed by atoms with Crippen molar-refractivity contribution in [3.05, 3.63) is 12.2 Å². The summed E-state index contributed by atoms with van der Waals surface area (Å²) in [5.41, 5.74) is 0. The van der Waals surface area contributed by atoms with Crippen molar-refractivity contribution in [2.75, 3.05) is 14.2 Å². The second kappa shape index (κ2) is 3.53. The summed E-state index contributed by atoms with van der Waals surface area (Å²) in [4.78, 5) is 11.0. The monoisotopic (exact) mass is 155 g/mol. The van der Waals surface area contributed by atoms with E-state index in [2.05, 4.69) is 10.1 Å². The minimum Gasteiger partial charge on any atom is -0.469 e. The molecule has 0 saturated heterocycles. The Balaban J connectivity index is 2.43. The molecule has 11 heavy (non-hydrogen) atoms. The van der Waals surface area contributed by atoms with Crippen LogP contribution in [0.15, 0.2) is 12.2 Å². The minimum absolute atomic E-state index is 0.0440. The summed E-state index contributed by atoms with van der Waals surface area (Å²) in [7, 11) is 3.30. The van der Waals surface area contributed by atoms with Gasteiger partial charge in [0.1, 0.15) is 0 Å². The molecule has 3 heteroatoms. The number of methoxy groups -OCH3 is 1. The topological polar surface area (TPSA) is 38.3 Å². The highest BCUT2D eigenvalue weighted by molar-refractivity contribution is 5.75. The van der Waals surface area contributed by atoms with E-state index < -0.39 is 0 Å². The fourth-order valence-electron chi connectivity index (χ4n) is 1.24. The molecule has 0 bridgehead atoms. The summed E-state index contributed by atoms with van der Waals surface area (Å²) >= 11 is 0. The van der Waals surface area contributed by atoms with E-state index in [-0.39, 0.29) is 11.9 Å². The fourth-order valence-corrected chi connectivity index (χ4v) is 1.24. The third-order valence-electron chi connectivity index (χ3n) is 1.96. The number of hydrogen-bond acceptors (Lipinski definition) is 3. The van der Waals surface area contributed by atoms with Gasteiger partial charge >= 0.3 is 5.97 Å². The van der Waals surface area contributed by atoms with Gasteiger partial charge < -0.3 is 10.1 Å². The van der Waals surface area contributed by atoms with Gasteiger partial charge in [-0.2, -0.15) is 0 Å². The van der Waals surface area contributed by atoms with Gasteiger partial charge in [-0.15, -0.1) is 0 Å². The first-order valence-electron chi connectivity index (χ1n) is 3.71. The van der Waals surface area contributed by atoms with Crippen LogP contribution in [-0.4, -0.2) is 26.2 Å². The Morgan fingerprint density at radius 3 is 2.82 bits per heavy atom. The van der Waals surface area contributed by atoms with E-state index in [0.29, 0.717) is 6.04 Å². The lowest BCUT2D eigenvalue weighted by Crippen LogP contribution is -2.23. The molecule has 0 saturated carbocycles. The number of rotatable bonds is 2. The van der Waals surface area contributed by atoms with Crippen LogP contribution >= 0.6 is 0 Å². The first kappa shape index (κ1) is 8.27. The van der Waals surface area contributed by atoms with Crippen LogP contribution in [0.25, 0.3) is 0 Å². The standard InChI is InChI=1S/C8H13NO2/c1-9-7-4-3-6(5-7)8(10)11-2/h3-4,6-7,9H,5H2,1-2H3. The highest BCUT2D eigenvalue weighted by atomic mass is 16.5. The summed E-state index contributed by atoms with van der Waals surface area (Å²) in [5.74, 6) is -0.184. The molecule has 1 rings (SSSR count). The smallest absolute Gasteiger partial charge is 0.312 e. The predicted octanol–water partition coefficient (Wildman–Crippen LogP) is 0.323. The molecule has 0 aromatic heterocycles. The molecule has 1 aliphatic carbocycles. The molecule has 62 valence electrons. The quantitative estimate of drug-likeness (QED) is 0.461. The fraction of sp³-hybridized carbons (Fsp3) is 0.625. The molecule has 1 N–H and O–H groups in total. The van der Waals surface area contributed by atoms with E-state index in [1.807, 2.05) is 19.2 Å². The van der Waals surface area contributed by atoms with Gasteiger partial charge in [-0.05, 0) is 13.5 Å². The van der Waals surface area contributed by atoms with Gasteiger partial charge in [0.05, 0.1) is 13.0 Å². The average Bonchev–Trinajstić information content (AvgIpc) is 2.50. The molecule has 0 aliphatic heterocycles. The summed E-state index contributed by atoms with van der Waals surface area (Å²) in [6.45, 7) is 0. The van der Waals surface area contributed by atoms with E-state index >= 15 is 0 Å². The van der Waals surface area contributed by atoms with Crippen LogP contribution in [0.4, 0.5) is 0 Å². The van der Waals surface area contributed by atoms with Crippen molar-refractivity contribution in [3.63, 3.8) is 0 Å². The molecular weight excluding hydrogens is 142 g/mol. The lowest BCUT2D eigenvalue weighted by molar-refractivity contribution is -0.143. The Bertz CT molecular complexity index is 177. The minimum atomic E-state index is -0.140. The number of ether oxygens (including phenoxy) is 1. The van der Waals surface area contributed by atoms with Crippen LogP contribution in [0.5, 0.6) is 0 Å². The van der Waals surface area contributed by atoms with E-state index in [4.69, 9.17) is 0 Å². The molecule has 0 amide bonds. The van der Waals surface area contributed by atoms with Crippen molar-refractivity contribution in [2.24, 2.45) is 5.92 Å². The van der Waals surface area contributed by atoms with E-state index in [1.54, 1.807) is 0 Å². The predicted molar refractivity (Wildman–Crippen MR) is 42.1 cm³/mol. The van der Waals surface area contributed by atoms with Gasteiger partial charge in [0.15, 0.2) is 0 Å². The van der Waals surface area contributed by atoms with Gasteiger partial charge in [0, 0.05) is 6.04 Å². The number of hydrogen-bond donors (Lipinski definition) is 1. The molecule has 0 fully saturated rings. The van der Waals surface area contributed by atoms with E-state index in [9.17, 15) is 4.79 Å². The van der Waals surface area contributed by atoms with Gasteiger partial charge in [-0.1, -0.05) is 12.2 Å². The SMILES string of the molecule is CNC1C=CC(C(=O)OC)C1. The number of likely N-dealkylation sites (N-methyl/N-ethyl adjacent to an activating group) is 1. The Hall–Kier alpha value is -0.830. The number of esters is 1. The van der Waals surface area contributed by atoms with Crippen molar-refractivity contribution in [1.82, 2.24) is 5.32 Å². The molecule has 0 radical (unpaired) electrons. The molecule has 0 spiro atoms. The highest BCUT2D eigenvalue weighted by Crippen LogP contribution is 2.18. The molecule has 0 heterocycles. The van der Waals surface area contributed by atoms with Gasteiger partial charge in [0.2, 0.25) is 0 Å². The molecule has 2 unspecified atom stereocenters. The summed E-state index contributed by atoms with van der Waals surface area (Å²) < 4.78 is 4.61. The van der Waals surface area contributed by atoms with Crippen molar-refractivity contribution < 1.29 is 9.53 Å². The Morgan fingerprint density at radius 2 is 2.36 bits per heavy atom. The third-order valence-corrected chi connectivity index (χ3v) is 1.96. The Morgan fingerprint density at radius 1 is 1.64 bits per heavy atom.